The Hall–Kier alpha value is -2.77. The summed E-state index contributed by atoms with van der Waals surface area (Å²) in [6, 6.07) is 3.39. The second kappa shape index (κ2) is 10.6. The van der Waals surface area contributed by atoms with Crippen molar-refractivity contribution in [2.45, 2.75) is 49.4 Å². The van der Waals surface area contributed by atoms with Crippen LogP contribution < -0.4 is 9.88 Å². The van der Waals surface area contributed by atoms with Gasteiger partial charge in [0.15, 0.2) is 0 Å². The van der Waals surface area contributed by atoms with Crippen molar-refractivity contribution in [3.8, 4) is 5.88 Å². The molecule has 1 saturated carbocycles. The van der Waals surface area contributed by atoms with E-state index in [0.717, 1.165) is 55.7 Å². The highest BCUT2D eigenvalue weighted by Gasteiger charge is 2.46. The Morgan fingerprint density at radius 2 is 1.62 bits per heavy atom. The van der Waals surface area contributed by atoms with Gasteiger partial charge in [0, 0.05) is 88.6 Å². The van der Waals surface area contributed by atoms with E-state index in [4.69, 9.17) is 19.6 Å². The molecule has 0 spiro atoms. The van der Waals surface area contributed by atoms with Crippen LogP contribution in [0.5, 0.6) is 5.88 Å². The van der Waals surface area contributed by atoms with Crippen LogP contribution in [0.25, 0.3) is 0 Å². The van der Waals surface area contributed by atoms with Gasteiger partial charge in [0.1, 0.15) is 0 Å². The molecule has 218 valence electrons. The average molecular weight is 578 g/mol. The number of sulfonamides is 1. The lowest BCUT2D eigenvalue weighted by molar-refractivity contribution is 0.0490. The Labute approximate surface area is 233 Å². The van der Waals surface area contributed by atoms with Crippen molar-refractivity contribution in [2.24, 2.45) is 11.1 Å². The molecule has 13 heteroatoms. The third-order valence-corrected chi connectivity index (χ3v) is 10.2. The van der Waals surface area contributed by atoms with Crippen molar-refractivity contribution >= 4 is 22.0 Å². The Morgan fingerprint density at radius 1 is 1.00 bits per heavy atom. The fraction of sp³-hybridized carbons (Fsp3) is 0.667. The number of carbonyl (C=O) groups excluding carboxylic acids is 2. The monoisotopic (exact) mass is 577 g/mol. The van der Waals surface area contributed by atoms with Gasteiger partial charge in [-0.05, 0) is 48.8 Å². The van der Waals surface area contributed by atoms with Crippen molar-refractivity contribution in [2.75, 3.05) is 59.1 Å². The summed E-state index contributed by atoms with van der Waals surface area (Å²) >= 11 is 0. The molecule has 0 radical (unpaired) electrons. The first-order chi connectivity index (χ1) is 19.1. The number of likely N-dealkylation sites (tertiary alicyclic amines) is 1. The number of halogens is 1. The fourth-order valence-corrected chi connectivity index (χ4v) is 6.74. The lowest BCUT2D eigenvalue weighted by Gasteiger charge is -2.37. The minimum absolute atomic E-state index is 0.0121. The maximum Gasteiger partial charge on any atom is 0.320 e. The molecule has 3 fully saturated rings. The molecule has 3 amide bonds. The maximum atomic E-state index is 14.6. The number of rotatable bonds is 6. The van der Waals surface area contributed by atoms with E-state index in [2.05, 4.69) is 0 Å². The molecule has 40 heavy (non-hydrogen) atoms. The summed E-state index contributed by atoms with van der Waals surface area (Å²) in [5.41, 5.74) is 3.56. The molecule has 1 aromatic rings. The predicted molar refractivity (Wildman–Crippen MR) is 143 cm³/mol. The summed E-state index contributed by atoms with van der Waals surface area (Å²) in [6.45, 7) is 3.71. The van der Waals surface area contributed by atoms with Crippen LogP contribution in [0.1, 0.15) is 60.5 Å². The summed E-state index contributed by atoms with van der Waals surface area (Å²) in [7, 11) is -4.34. The zero-order chi connectivity index (χ0) is 28.1. The van der Waals surface area contributed by atoms with Crippen LogP contribution in [0.4, 0.5) is 9.18 Å². The number of aromatic nitrogens is 1. The molecular formula is C27H36FN5O6S. The number of carbonyl (C=O) groups is 2. The van der Waals surface area contributed by atoms with E-state index in [1.807, 2.05) is 6.07 Å². The molecule has 1 aliphatic carbocycles. The van der Waals surface area contributed by atoms with Gasteiger partial charge >= 0.3 is 6.03 Å². The van der Waals surface area contributed by atoms with E-state index < -0.39 is 15.0 Å². The Balaban J connectivity index is 1.05. The maximum absolute atomic E-state index is 14.6. The first-order valence-electron chi connectivity index (χ1n) is 14.1. The quantitative estimate of drug-likeness (QED) is 0.511. The van der Waals surface area contributed by atoms with Gasteiger partial charge in [-0.15, -0.1) is 0 Å². The van der Waals surface area contributed by atoms with Crippen LogP contribution in [0, 0.1) is 5.92 Å². The van der Waals surface area contributed by atoms with Gasteiger partial charge in [-0.25, -0.2) is 27.7 Å². The van der Waals surface area contributed by atoms with E-state index in [-0.39, 0.29) is 37.9 Å². The molecule has 1 aromatic heterocycles. The molecule has 0 bridgehead atoms. The molecule has 6 rings (SSSR count). The summed E-state index contributed by atoms with van der Waals surface area (Å²) in [5.74, 6) is 1.22. The van der Waals surface area contributed by atoms with Crippen molar-refractivity contribution in [3.63, 3.8) is 0 Å². The molecule has 4 aliphatic heterocycles. The number of urea groups is 1. The van der Waals surface area contributed by atoms with Gasteiger partial charge in [-0.2, -0.15) is 0 Å². The minimum Gasteiger partial charge on any atom is -0.477 e. The minimum atomic E-state index is -4.34. The van der Waals surface area contributed by atoms with Crippen molar-refractivity contribution in [1.82, 2.24) is 19.7 Å². The SMILES string of the molecule is NS(=O)(=O)C1(F)CCN(C(=O)N2CC3=C(CN(C(=O)c4cc(OCC5CCOCC5)nc(C5CC5)c4)C3)C2)CC1. The van der Waals surface area contributed by atoms with Gasteiger partial charge in [-0.3, -0.25) is 4.79 Å². The van der Waals surface area contributed by atoms with Gasteiger partial charge in [0.05, 0.1) is 6.61 Å². The Kier molecular flexibility index (Phi) is 7.24. The van der Waals surface area contributed by atoms with E-state index >= 15 is 0 Å². The molecule has 0 aromatic carbocycles. The summed E-state index contributed by atoms with van der Waals surface area (Å²) in [4.78, 5) is 36.3. The van der Waals surface area contributed by atoms with E-state index in [1.165, 1.54) is 4.90 Å². The first kappa shape index (κ1) is 27.4. The highest BCUT2D eigenvalue weighted by atomic mass is 32.2. The van der Waals surface area contributed by atoms with Crippen LogP contribution in [0.15, 0.2) is 23.3 Å². The lowest BCUT2D eigenvalue weighted by atomic mass is 10.0. The number of primary sulfonamides is 1. The lowest BCUT2D eigenvalue weighted by Crippen LogP contribution is -2.53. The smallest absolute Gasteiger partial charge is 0.320 e. The predicted octanol–water partition coefficient (Wildman–Crippen LogP) is 2.00. The molecule has 2 N–H and O–H groups in total. The highest BCUT2D eigenvalue weighted by Crippen LogP contribution is 2.40. The topological polar surface area (TPSA) is 135 Å². The van der Waals surface area contributed by atoms with Crippen molar-refractivity contribution in [3.05, 3.63) is 34.5 Å². The van der Waals surface area contributed by atoms with Crippen LogP contribution >= 0.6 is 0 Å². The number of hydrogen-bond donors (Lipinski definition) is 1. The summed E-state index contributed by atoms with van der Waals surface area (Å²) in [5, 5.41) is 2.55. The Morgan fingerprint density at radius 3 is 2.23 bits per heavy atom. The van der Waals surface area contributed by atoms with E-state index in [1.54, 1.807) is 15.9 Å². The molecule has 11 nitrogen and oxygen atoms in total. The molecule has 5 heterocycles. The second-order valence-electron chi connectivity index (χ2n) is 11.7. The van der Waals surface area contributed by atoms with Gasteiger partial charge in [0.2, 0.25) is 20.9 Å². The highest BCUT2D eigenvalue weighted by molar-refractivity contribution is 7.90. The third-order valence-electron chi connectivity index (χ3n) is 8.75. The van der Waals surface area contributed by atoms with Crippen LogP contribution in [-0.2, 0) is 14.8 Å². The van der Waals surface area contributed by atoms with Crippen LogP contribution in [0.2, 0.25) is 0 Å². The zero-order valence-corrected chi connectivity index (χ0v) is 23.3. The number of piperidine rings is 1. The average Bonchev–Trinajstić information content (AvgIpc) is 3.61. The molecule has 0 atom stereocenters. The molecule has 0 unspecified atom stereocenters. The molecule has 2 saturated heterocycles. The standard InChI is InChI=1S/C27H36FN5O6S/c28-27(40(29,36)37)5-7-31(8-6-27)26(35)33-15-21-13-32(14-22(21)16-33)25(34)20-11-23(19-1-2-19)30-24(12-20)39-17-18-3-9-38-10-4-18/h11-12,18-19H,1-10,13-17H2,(H2,29,36,37). The summed E-state index contributed by atoms with van der Waals surface area (Å²) < 4.78 is 49.3. The van der Waals surface area contributed by atoms with Crippen LogP contribution in [0.3, 0.4) is 0 Å². The Bertz CT molecular complexity index is 1300. The third kappa shape index (κ3) is 5.55. The fourth-order valence-electron chi connectivity index (χ4n) is 5.99. The number of amides is 3. The van der Waals surface area contributed by atoms with Crippen molar-refractivity contribution in [1.29, 1.82) is 0 Å². The second-order valence-corrected chi connectivity index (χ2v) is 13.5. The number of pyridine rings is 1. The largest absolute Gasteiger partial charge is 0.477 e. The number of nitrogens with two attached hydrogens (primary N) is 1. The zero-order valence-electron chi connectivity index (χ0n) is 22.5. The molecular weight excluding hydrogens is 541 g/mol. The number of ether oxygens (including phenoxy) is 2. The van der Waals surface area contributed by atoms with Crippen LogP contribution in [-0.4, -0.2) is 104 Å². The van der Waals surface area contributed by atoms with E-state index in [9.17, 15) is 22.4 Å². The van der Waals surface area contributed by atoms with E-state index in [0.29, 0.717) is 56.1 Å². The van der Waals surface area contributed by atoms with Gasteiger partial charge in [-0.1, -0.05) is 0 Å². The number of hydrogen-bond acceptors (Lipinski definition) is 7. The number of alkyl halides is 1. The molecule has 5 aliphatic rings. The summed E-state index contributed by atoms with van der Waals surface area (Å²) in [6.07, 6.45) is 3.38. The van der Waals surface area contributed by atoms with Gasteiger partial charge < -0.3 is 24.2 Å². The normalized spacial score (nSPS) is 23.5. The van der Waals surface area contributed by atoms with Gasteiger partial charge in [0.25, 0.3) is 5.91 Å². The van der Waals surface area contributed by atoms with Crippen molar-refractivity contribution < 1.29 is 31.9 Å². The first-order valence-corrected chi connectivity index (χ1v) is 15.6. The number of nitrogens with zero attached hydrogens (tertiary/aromatic N) is 4.